The molecule has 0 aliphatic carbocycles. The lowest BCUT2D eigenvalue weighted by Crippen LogP contribution is -2.47. The number of aliphatic hydroxyl groups excluding tert-OH is 1. The average molecular weight is 338 g/mol. The van der Waals surface area contributed by atoms with Gasteiger partial charge in [0.1, 0.15) is 6.23 Å². The van der Waals surface area contributed by atoms with Gasteiger partial charge in [0.05, 0.1) is 0 Å². The molecule has 1 N–H and O–H groups in total. The third kappa shape index (κ3) is 4.83. The molecular weight excluding hydrogens is 310 g/mol. The summed E-state index contributed by atoms with van der Waals surface area (Å²) in [7, 11) is 0. The van der Waals surface area contributed by atoms with Crippen LogP contribution >= 0.6 is 11.6 Å². The fourth-order valence-electron chi connectivity index (χ4n) is 3.63. The van der Waals surface area contributed by atoms with Gasteiger partial charge < -0.3 is 10.0 Å². The van der Waals surface area contributed by atoms with E-state index in [1.807, 2.05) is 12.1 Å². The smallest absolute Gasteiger partial charge is 0.107 e. The first kappa shape index (κ1) is 17.0. The molecule has 1 aromatic rings. The number of anilines is 1. The zero-order valence-electron chi connectivity index (χ0n) is 13.8. The first-order valence-electron chi connectivity index (χ1n) is 8.87. The lowest BCUT2D eigenvalue weighted by Gasteiger charge is -2.37. The Balaban J connectivity index is 1.37. The van der Waals surface area contributed by atoms with E-state index in [0.717, 1.165) is 63.7 Å². The molecule has 0 aromatic heterocycles. The van der Waals surface area contributed by atoms with Crippen molar-refractivity contribution in [1.82, 2.24) is 9.80 Å². The van der Waals surface area contributed by atoms with Gasteiger partial charge in [-0.25, -0.2) is 0 Å². The monoisotopic (exact) mass is 337 g/mol. The predicted octanol–water partition coefficient (Wildman–Crippen LogP) is 2.66. The van der Waals surface area contributed by atoms with Gasteiger partial charge in [-0.3, -0.25) is 9.80 Å². The highest BCUT2D eigenvalue weighted by atomic mass is 35.5. The molecule has 23 heavy (non-hydrogen) atoms. The number of piperidine rings is 1. The third-order valence-electron chi connectivity index (χ3n) is 5.04. The SMILES string of the molecule is OC1CCCCN1CCCN1CCN(c2cccc(Cl)c2)CC1. The van der Waals surface area contributed by atoms with Crippen LogP contribution in [0.4, 0.5) is 5.69 Å². The standard InChI is InChI=1S/C18H28ClN3O/c19-16-5-3-6-17(15-16)21-13-11-20(12-14-21)8-4-10-22-9-2-1-7-18(22)23/h3,5-6,15,18,23H,1-2,4,7-14H2. The number of halogens is 1. The Kier molecular flexibility index (Phi) is 6.17. The maximum absolute atomic E-state index is 9.98. The number of nitrogens with zero attached hydrogens (tertiary/aromatic N) is 3. The molecule has 4 nitrogen and oxygen atoms in total. The molecule has 0 amide bonds. The second-order valence-electron chi connectivity index (χ2n) is 6.67. The van der Waals surface area contributed by atoms with Gasteiger partial charge in [-0.05, 0) is 50.4 Å². The molecule has 1 atom stereocenters. The van der Waals surface area contributed by atoms with Gasteiger partial charge >= 0.3 is 0 Å². The summed E-state index contributed by atoms with van der Waals surface area (Å²) >= 11 is 6.08. The number of hydrogen-bond donors (Lipinski definition) is 1. The van der Waals surface area contributed by atoms with Crippen molar-refractivity contribution >= 4 is 17.3 Å². The molecule has 2 heterocycles. The van der Waals surface area contributed by atoms with E-state index in [0.29, 0.717) is 0 Å². The molecule has 2 aliphatic rings. The van der Waals surface area contributed by atoms with Crippen molar-refractivity contribution in [2.75, 3.05) is 50.7 Å². The fraction of sp³-hybridized carbons (Fsp3) is 0.667. The largest absolute Gasteiger partial charge is 0.378 e. The maximum Gasteiger partial charge on any atom is 0.107 e. The van der Waals surface area contributed by atoms with Crippen LogP contribution in [0, 0.1) is 0 Å². The van der Waals surface area contributed by atoms with Crippen LogP contribution in [-0.4, -0.2) is 66.9 Å². The molecule has 2 aliphatic heterocycles. The summed E-state index contributed by atoms with van der Waals surface area (Å²) in [6.45, 7) is 7.55. The summed E-state index contributed by atoms with van der Waals surface area (Å²) in [6, 6.07) is 8.14. The first-order chi connectivity index (χ1) is 11.2. The Labute approximate surface area is 144 Å². The number of benzene rings is 1. The molecule has 128 valence electrons. The minimum atomic E-state index is -0.205. The highest BCUT2D eigenvalue weighted by Gasteiger charge is 2.20. The Morgan fingerprint density at radius 1 is 1.04 bits per heavy atom. The van der Waals surface area contributed by atoms with E-state index in [1.165, 1.54) is 18.5 Å². The van der Waals surface area contributed by atoms with E-state index in [4.69, 9.17) is 11.6 Å². The van der Waals surface area contributed by atoms with Gasteiger partial charge in [-0.2, -0.15) is 0 Å². The maximum atomic E-state index is 9.98. The van der Waals surface area contributed by atoms with Gasteiger partial charge in [0.2, 0.25) is 0 Å². The van der Waals surface area contributed by atoms with Crippen molar-refractivity contribution in [2.45, 2.75) is 31.9 Å². The lowest BCUT2D eigenvalue weighted by atomic mass is 10.1. The van der Waals surface area contributed by atoms with Crippen molar-refractivity contribution in [3.8, 4) is 0 Å². The minimum absolute atomic E-state index is 0.205. The van der Waals surface area contributed by atoms with Gasteiger partial charge in [-0.1, -0.05) is 17.7 Å². The van der Waals surface area contributed by atoms with Crippen LogP contribution in [0.1, 0.15) is 25.7 Å². The van der Waals surface area contributed by atoms with Crippen LogP contribution in [-0.2, 0) is 0 Å². The number of aliphatic hydroxyl groups is 1. The summed E-state index contributed by atoms with van der Waals surface area (Å²) in [4.78, 5) is 7.19. The molecule has 0 spiro atoms. The number of hydrogen-bond acceptors (Lipinski definition) is 4. The normalized spacial score (nSPS) is 24.1. The average Bonchev–Trinajstić information content (AvgIpc) is 2.57. The molecule has 0 bridgehead atoms. The number of piperazine rings is 1. The molecule has 1 aromatic carbocycles. The number of rotatable bonds is 5. The van der Waals surface area contributed by atoms with Crippen LogP contribution in [0.3, 0.4) is 0 Å². The molecule has 0 saturated carbocycles. The summed E-state index contributed by atoms with van der Waals surface area (Å²) < 4.78 is 0. The second-order valence-corrected chi connectivity index (χ2v) is 7.11. The van der Waals surface area contributed by atoms with E-state index in [9.17, 15) is 5.11 Å². The Morgan fingerprint density at radius 3 is 2.61 bits per heavy atom. The van der Waals surface area contributed by atoms with E-state index in [1.54, 1.807) is 0 Å². The van der Waals surface area contributed by atoms with E-state index in [2.05, 4.69) is 26.8 Å². The molecule has 5 heteroatoms. The van der Waals surface area contributed by atoms with Gasteiger partial charge in [-0.15, -0.1) is 0 Å². The molecule has 1 unspecified atom stereocenters. The van der Waals surface area contributed by atoms with Gasteiger partial charge in [0.25, 0.3) is 0 Å². The molecule has 2 saturated heterocycles. The fourth-order valence-corrected chi connectivity index (χ4v) is 3.82. The molecule has 2 fully saturated rings. The quantitative estimate of drug-likeness (QED) is 0.894. The van der Waals surface area contributed by atoms with E-state index < -0.39 is 0 Å². The highest BCUT2D eigenvalue weighted by Crippen LogP contribution is 2.21. The summed E-state index contributed by atoms with van der Waals surface area (Å²) in [5.41, 5.74) is 1.23. The van der Waals surface area contributed by atoms with Crippen molar-refractivity contribution in [1.29, 1.82) is 0 Å². The molecule has 3 rings (SSSR count). The van der Waals surface area contributed by atoms with Crippen LogP contribution in [0.2, 0.25) is 5.02 Å². The van der Waals surface area contributed by atoms with Gasteiger partial charge in [0, 0.05) is 50.0 Å². The van der Waals surface area contributed by atoms with E-state index >= 15 is 0 Å². The van der Waals surface area contributed by atoms with Crippen molar-refractivity contribution in [3.05, 3.63) is 29.3 Å². The zero-order chi connectivity index (χ0) is 16.1. The second kappa shape index (κ2) is 8.34. The Hall–Kier alpha value is -0.810. The minimum Gasteiger partial charge on any atom is -0.378 e. The first-order valence-corrected chi connectivity index (χ1v) is 9.25. The zero-order valence-corrected chi connectivity index (χ0v) is 14.6. The predicted molar refractivity (Wildman–Crippen MR) is 96.2 cm³/mol. The summed E-state index contributed by atoms with van der Waals surface area (Å²) in [5, 5.41) is 10.8. The topological polar surface area (TPSA) is 30.0 Å². The Bertz CT molecular complexity index is 491. The van der Waals surface area contributed by atoms with Crippen molar-refractivity contribution < 1.29 is 5.11 Å². The summed E-state index contributed by atoms with van der Waals surface area (Å²) in [5.74, 6) is 0. The van der Waals surface area contributed by atoms with Crippen LogP contribution in [0.25, 0.3) is 0 Å². The lowest BCUT2D eigenvalue weighted by molar-refractivity contribution is -0.0252. The number of likely N-dealkylation sites (tertiary alicyclic amines) is 1. The third-order valence-corrected chi connectivity index (χ3v) is 5.28. The molecular formula is C18H28ClN3O. The molecule has 0 radical (unpaired) electrons. The van der Waals surface area contributed by atoms with Crippen LogP contribution in [0.5, 0.6) is 0 Å². The van der Waals surface area contributed by atoms with Crippen molar-refractivity contribution in [2.24, 2.45) is 0 Å². The van der Waals surface area contributed by atoms with Crippen LogP contribution in [0.15, 0.2) is 24.3 Å². The Morgan fingerprint density at radius 2 is 1.87 bits per heavy atom. The highest BCUT2D eigenvalue weighted by molar-refractivity contribution is 6.30. The van der Waals surface area contributed by atoms with E-state index in [-0.39, 0.29) is 6.23 Å². The summed E-state index contributed by atoms with van der Waals surface area (Å²) in [6.07, 6.45) is 4.29. The van der Waals surface area contributed by atoms with Gasteiger partial charge in [0.15, 0.2) is 0 Å². The van der Waals surface area contributed by atoms with Crippen LogP contribution < -0.4 is 4.90 Å². The van der Waals surface area contributed by atoms with Crippen molar-refractivity contribution in [3.63, 3.8) is 0 Å².